The number of thioether (sulfide) groups is 1. The molecule has 1 aliphatic heterocycles. The van der Waals surface area contributed by atoms with Crippen molar-refractivity contribution in [1.29, 1.82) is 0 Å². The minimum atomic E-state index is -0.435. The largest absolute Gasteiger partial charge is 0.454 e. The Morgan fingerprint density at radius 3 is 2.56 bits per heavy atom. The maximum atomic E-state index is 12.1. The minimum Gasteiger partial charge on any atom is -0.454 e. The van der Waals surface area contributed by atoms with Gasteiger partial charge >= 0.3 is 0 Å². The van der Waals surface area contributed by atoms with E-state index in [1.807, 2.05) is 12.1 Å². The monoisotopic (exact) mass is 378 g/mol. The second kappa shape index (κ2) is 7.67. The van der Waals surface area contributed by atoms with E-state index in [4.69, 9.17) is 21.1 Å². The molecule has 130 valence electrons. The zero-order valence-corrected chi connectivity index (χ0v) is 14.8. The first-order valence-corrected chi connectivity index (χ1v) is 8.71. The van der Waals surface area contributed by atoms with Gasteiger partial charge in [-0.2, -0.15) is 0 Å². The fraction of sp³-hybridized carbons (Fsp3) is 0.176. The van der Waals surface area contributed by atoms with Gasteiger partial charge in [-0.25, -0.2) is 0 Å². The lowest BCUT2D eigenvalue weighted by Gasteiger charge is -2.13. The van der Waals surface area contributed by atoms with Crippen molar-refractivity contribution in [2.75, 3.05) is 6.79 Å². The average Bonchev–Trinajstić information content (AvgIpc) is 3.08. The van der Waals surface area contributed by atoms with Gasteiger partial charge in [0.15, 0.2) is 11.5 Å². The lowest BCUT2D eigenvalue weighted by Crippen LogP contribution is -2.44. The van der Waals surface area contributed by atoms with Gasteiger partial charge in [0.1, 0.15) is 0 Å². The molecule has 0 aliphatic carbocycles. The molecule has 0 bridgehead atoms. The predicted octanol–water partition coefficient (Wildman–Crippen LogP) is 3.01. The molecule has 0 fully saturated rings. The van der Waals surface area contributed by atoms with Gasteiger partial charge < -0.3 is 9.47 Å². The number of fused-ring (bicyclic) bond motifs is 1. The standard InChI is InChI=1S/C17H15ClN2O4S/c1-10(25-13-5-3-12(18)4-6-13)16(21)19-20-17(22)11-2-7-14-15(8-11)24-9-23-14/h2-8,10H,9H2,1H3,(H,19,21)(H,20,22)/t10-/m0/s1. The van der Waals surface area contributed by atoms with Crippen LogP contribution in [0.4, 0.5) is 0 Å². The molecule has 1 aliphatic rings. The van der Waals surface area contributed by atoms with Crippen LogP contribution in [0.1, 0.15) is 17.3 Å². The maximum Gasteiger partial charge on any atom is 0.269 e. The summed E-state index contributed by atoms with van der Waals surface area (Å²) in [6.07, 6.45) is 0. The number of hydrazine groups is 1. The Balaban J connectivity index is 1.52. The summed E-state index contributed by atoms with van der Waals surface area (Å²) in [7, 11) is 0. The number of hydrogen-bond donors (Lipinski definition) is 2. The Kier molecular flexibility index (Phi) is 5.35. The molecule has 0 saturated heterocycles. The third-order valence-electron chi connectivity index (χ3n) is 3.43. The first-order valence-electron chi connectivity index (χ1n) is 7.45. The van der Waals surface area contributed by atoms with Crippen molar-refractivity contribution in [2.24, 2.45) is 0 Å². The molecule has 6 nitrogen and oxygen atoms in total. The second-order valence-electron chi connectivity index (χ2n) is 5.23. The average molecular weight is 379 g/mol. The quantitative estimate of drug-likeness (QED) is 0.631. The van der Waals surface area contributed by atoms with Crippen LogP contribution in [-0.4, -0.2) is 23.9 Å². The van der Waals surface area contributed by atoms with Gasteiger partial charge in [0.2, 0.25) is 6.79 Å². The SMILES string of the molecule is C[C@H](Sc1ccc(Cl)cc1)C(=O)NNC(=O)c1ccc2c(c1)OCO2. The molecule has 0 radical (unpaired) electrons. The van der Waals surface area contributed by atoms with E-state index in [0.29, 0.717) is 22.1 Å². The Hall–Kier alpha value is -2.38. The Morgan fingerprint density at radius 1 is 1.08 bits per heavy atom. The number of carbonyl (C=O) groups is 2. The van der Waals surface area contributed by atoms with Crippen LogP contribution < -0.4 is 20.3 Å². The highest BCUT2D eigenvalue weighted by Crippen LogP contribution is 2.32. The van der Waals surface area contributed by atoms with Crippen LogP contribution in [0, 0.1) is 0 Å². The Labute approximate surface area is 153 Å². The number of rotatable bonds is 4. The summed E-state index contributed by atoms with van der Waals surface area (Å²) in [5, 5.41) is 0.246. The van der Waals surface area contributed by atoms with Crippen LogP contribution >= 0.6 is 23.4 Å². The molecule has 1 atom stereocenters. The van der Waals surface area contributed by atoms with Gasteiger partial charge in [0.05, 0.1) is 5.25 Å². The van der Waals surface area contributed by atoms with Crippen molar-refractivity contribution in [3.8, 4) is 11.5 Å². The molecule has 0 unspecified atom stereocenters. The molecule has 0 saturated carbocycles. The van der Waals surface area contributed by atoms with E-state index in [2.05, 4.69) is 10.9 Å². The summed E-state index contributed by atoms with van der Waals surface area (Å²) < 4.78 is 10.4. The Bertz CT molecular complexity index is 798. The molecular formula is C17H15ClN2O4S. The number of ether oxygens (including phenoxy) is 2. The van der Waals surface area contributed by atoms with Crippen molar-refractivity contribution in [3.05, 3.63) is 53.1 Å². The van der Waals surface area contributed by atoms with Crippen molar-refractivity contribution in [2.45, 2.75) is 17.1 Å². The fourth-order valence-corrected chi connectivity index (χ4v) is 3.09. The lowest BCUT2D eigenvalue weighted by atomic mass is 10.2. The van der Waals surface area contributed by atoms with Gasteiger partial charge in [-0.3, -0.25) is 20.4 Å². The molecule has 1 heterocycles. The van der Waals surface area contributed by atoms with E-state index < -0.39 is 11.2 Å². The predicted molar refractivity (Wildman–Crippen MR) is 94.9 cm³/mol. The van der Waals surface area contributed by atoms with Crippen LogP contribution in [0.2, 0.25) is 5.02 Å². The minimum absolute atomic E-state index is 0.135. The number of halogens is 1. The van der Waals surface area contributed by atoms with Crippen LogP contribution in [-0.2, 0) is 4.79 Å². The zero-order valence-electron chi connectivity index (χ0n) is 13.2. The summed E-state index contributed by atoms with van der Waals surface area (Å²) in [5.41, 5.74) is 5.18. The molecule has 25 heavy (non-hydrogen) atoms. The van der Waals surface area contributed by atoms with E-state index in [0.717, 1.165) is 4.90 Å². The number of amides is 2. The smallest absolute Gasteiger partial charge is 0.269 e. The third kappa shape index (κ3) is 4.37. The van der Waals surface area contributed by atoms with Gasteiger partial charge in [0.25, 0.3) is 11.8 Å². The summed E-state index contributed by atoms with van der Waals surface area (Å²) in [6.45, 7) is 1.89. The maximum absolute atomic E-state index is 12.1. The van der Waals surface area contributed by atoms with Crippen molar-refractivity contribution in [1.82, 2.24) is 10.9 Å². The zero-order chi connectivity index (χ0) is 17.8. The van der Waals surface area contributed by atoms with E-state index in [1.165, 1.54) is 11.8 Å². The molecule has 3 rings (SSSR count). The van der Waals surface area contributed by atoms with E-state index in [-0.39, 0.29) is 12.7 Å². The second-order valence-corrected chi connectivity index (χ2v) is 7.08. The topological polar surface area (TPSA) is 76.7 Å². The van der Waals surface area contributed by atoms with Gasteiger partial charge in [-0.15, -0.1) is 11.8 Å². The first-order chi connectivity index (χ1) is 12.0. The molecule has 2 aromatic rings. The highest BCUT2D eigenvalue weighted by molar-refractivity contribution is 8.00. The molecule has 0 spiro atoms. The highest BCUT2D eigenvalue weighted by atomic mass is 35.5. The fourth-order valence-electron chi connectivity index (χ4n) is 2.10. The van der Waals surface area contributed by atoms with Crippen molar-refractivity contribution in [3.63, 3.8) is 0 Å². The number of nitrogens with one attached hydrogen (secondary N) is 2. The summed E-state index contributed by atoms with van der Waals surface area (Å²) in [4.78, 5) is 25.2. The highest BCUT2D eigenvalue weighted by Gasteiger charge is 2.18. The third-order valence-corrected chi connectivity index (χ3v) is 4.79. The van der Waals surface area contributed by atoms with Gasteiger partial charge in [-0.05, 0) is 49.4 Å². The van der Waals surface area contributed by atoms with Crippen LogP contribution in [0.5, 0.6) is 11.5 Å². The van der Waals surface area contributed by atoms with Gasteiger partial charge in [0, 0.05) is 15.5 Å². The van der Waals surface area contributed by atoms with E-state index >= 15 is 0 Å². The first kappa shape index (κ1) is 17.4. The summed E-state index contributed by atoms with van der Waals surface area (Å²) in [5.74, 6) is 0.351. The normalized spacial score (nSPS) is 13.2. The summed E-state index contributed by atoms with van der Waals surface area (Å²) in [6, 6.07) is 12.0. The van der Waals surface area contributed by atoms with Crippen molar-refractivity contribution >= 4 is 35.2 Å². The van der Waals surface area contributed by atoms with E-state index in [1.54, 1.807) is 37.3 Å². The van der Waals surface area contributed by atoms with Crippen molar-refractivity contribution < 1.29 is 19.1 Å². The Morgan fingerprint density at radius 2 is 1.80 bits per heavy atom. The van der Waals surface area contributed by atoms with Crippen LogP contribution in [0.3, 0.4) is 0 Å². The molecule has 0 aromatic heterocycles. The molecule has 2 N–H and O–H groups in total. The number of hydrogen-bond acceptors (Lipinski definition) is 5. The molecule has 2 aromatic carbocycles. The van der Waals surface area contributed by atoms with Gasteiger partial charge in [-0.1, -0.05) is 11.6 Å². The summed E-state index contributed by atoms with van der Waals surface area (Å²) >= 11 is 7.20. The molecule has 2 amide bonds. The number of benzene rings is 2. The van der Waals surface area contributed by atoms with Crippen LogP contribution in [0.25, 0.3) is 0 Å². The molecular weight excluding hydrogens is 364 g/mol. The lowest BCUT2D eigenvalue weighted by molar-refractivity contribution is -0.121. The van der Waals surface area contributed by atoms with Crippen LogP contribution in [0.15, 0.2) is 47.4 Å². The van der Waals surface area contributed by atoms with E-state index in [9.17, 15) is 9.59 Å². The molecule has 8 heteroatoms. The number of carbonyl (C=O) groups excluding carboxylic acids is 2.